The molecule has 0 amide bonds. The predicted molar refractivity (Wildman–Crippen MR) is 57.1 cm³/mol. The molecule has 1 aromatic rings. The Hall–Kier alpha value is -0.920. The Bertz CT molecular complexity index is 460. The largest absolute Gasteiger partial charge is 0.387 e. The molecule has 2 rings (SSSR count). The molecular formula is C9H15N3O3S. The lowest BCUT2D eigenvalue weighted by Gasteiger charge is -2.47. The molecular weight excluding hydrogens is 230 g/mol. The number of sulfonamides is 1. The molecule has 90 valence electrons. The third-order valence-electron chi connectivity index (χ3n) is 3.07. The second kappa shape index (κ2) is 3.54. The van der Waals surface area contributed by atoms with E-state index in [1.165, 1.54) is 16.6 Å². The highest BCUT2D eigenvalue weighted by atomic mass is 32.2. The number of β-amino-alcohol motifs (C(OH)–C–C–N with tert-alkyl or cyclic N) is 1. The van der Waals surface area contributed by atoms with Gasteiger partial charge in [-0.3, -0.25) is 5.10 Å². The summed E-state index contributed by atoms with van der Waals surface area (Å²) < 4.78 is 25.1. The average Bonchev–Trinajstić information content (AvgIpc) is 2.65. The third-order valence-corrected chi connectivity index (χ3v) is 4.79. The minimum atomic E-state index is -3.51. The molecule has 7 heteroatoms. The van der Waals surface area contributed by atoms with Crippen LogP contribution in [0.2, 0.25) is 0 Å². The molecule has 1 aromatic heterocycles. The van der Waals surface area contributed by atoms with Crippen molar-refractivity contribution in [3.05, 3.63) is 12.3 Å². The van der Waals surface area contributed by atoms with Crippen LogP contribution in [0.5, 0.6) is 0 Å². The maximum absolute atomic E-state index is 11.9. The number of hydrogen-bond acceptors (Lipinski definition) is 4. The van der Waals surface area contributed by atoms with E-state index in [-0.39, 0.29) is 24.0 Å². The Balaban J connectivity index is 2.14. The SMILES string of the molecule is CC(C)C1(O)CN(S(=O)(=O)c2ccn[nH]2)C1. The quantitative estimate of drug-likeness (QED) is 0.772. The first kappa shape index (κ1) is 11.6. The Morgan fingerprint density at radius 1 is 1.56 bits per heavy atom. The highest BCUT2D eigenvalue weighted by molar-refractivity contribution is 7.89. The van der Waals surface area contributed by atoms with Crippen LogP contribution in [0, 0.1) is 5.92 Å². The Labute approximate surface area is 94.3 Å². The number of aliphatic hydroxyl groups is 1. The summed E-state index contributed by atoms with van der Waals surface area (Å²) in [4.78, 5) is 0. The van der Waals surface area contributed by atoms with Gasteiger partial charge in [-0.2, -0.15) is 9.40 Å². The summed E-state index contributed by atoms with van der Waals surface area (Å²) in [6, 6.07) is 1.40. The van der Waals surface area contributed by atoms with Crippen LogP contribution >= 0.6 is 0 Å². The number of hydrogen-bond donors (Lipinski definition) is 2. The van der Waals surface area contributed by atoms with E-state index in [4.69, 9.17) is 0 Å². The molecule has 0 bridgehead atoms. The lowest BCUT2D eigenvalue weighted by Crippen LogP contribution is -2.65. The molecule has 0 aliphatic carbocycles. The number of rotatable bonds is 3. The zero-order valence-electron chi connectivity index (χ0n) is 9.21. The van der Waals surface area contributed by atoms with Gasteiger partial charge in [0.2, 0.25) is 0 Å². The van der Waals surface area contributed by atoms with Gasteiger partial charge in [0, 0.05) is 13.1 Å². The Kier molecular flexibility index (Phi) is 2.56. The fourth-order valence-electron chi connectivity index (χ4n) is 1.63. The van der Waals surface area contributed by atoms with Gasteiger partial charge in [0.05, 0.1) is 11.8 Å². The molecule has 0 radical (unpaired) electrons. The van der Waals surface area contributed by atoms with Crippen molar-refractivity contribution in [2.45, 2.75) is 24.5 Å². The topological polar surface area (TPSA) is 86.3 Å². The number of nitrogens with one attached hydrogen (secondary N) is 1. The van der Waals surface area contributed by atoms with E-state index in [1.54, 1.807) is 0 Å². The number of nitrogens with zero attached hydrogens (tertiary/aromatic N) is 2. The first-order valence-electron chi connectivity index (χ1n) is 5.08. The first-order valence-corrected chi connectivity index (χ1v) is 6.52. The minimum absolute atomic E-state index is 0.0423. The molecule has 1 aliphatic rings. The van der Waals surface area contributed by atoms with Gasteiger partial charge in [-0.25, -0.2) is 8.42 Å². The number of aromatic amines is 1. The van der Waals surface area contributed by atoms with E-state index in [0.717, 1.165) is 0 Å². The van der Waals surface area contributed by atoms with Crippen molar-refractivity contribution in [3.8, 4) is 0 Å². The van der Waals surface area contributed by atoms with Gasteiger partial charge >= 0.3 is 0 Å². The van der Waals surface area contributed by atoms with Gasteiger partial charge in [-0.05, 0) is 12.0 Å². The van der Waals surface area contributed by atoms with E-state index in [0.29, 0.717) is 0 Å². The van der Waals surface area contributed by atoms with Gasteiger partial charge < -0.3 is 5.11 Å². The monoisotopic (exact) mass is 245 g/mol. The van der Waals surface area contributed by atoms with E-state index in [9.17, 15) is 13.5 Å². The van der Waals surface area contributed by atoms with Gasteiger partial charge in [0.1, 0.15) is 0 Å². The fourth-order valence-corrected chi connectivity index (χ4v) is 3.09. The Morgan fingerprint density at radius 3 is 2.62 bits per heavy atom. The van der Waals surface area contributed by atoms with Crippen molar-refractivity contribution >= 4 is 10.0 Å². The van der Waals surface area contributed by atoms with Crippen molar-refractivity contribution < 1.29 is 13.5 Å². The molecule has 0 spiro atoms. The van der Waals surface area contributed by atoms with Crippen LogP contribution in [0.3, 0.4) is 0 Å². The van der Waals surface area contributed by atoms with Crippen LogP contribution in [0.25, 0.3) is 0 Å². The maximum atomic E-state index is 11.9. The van der Waals surface area contributed by atoms with Crippen molar-refractivity contribution in [3.63, 3.8) is 0 Å². The smallest absolute Gasteiger partial charge is 0.260 e. The van der Waals surface area contributed by atoms with E-state index in [2.05, 4.69) is 10.2 Å². The summed E-state index contributed by atoms with van der Waals surface area (Å²) in [7, 11) is -3.51. The maximum Gasteiger partial charge on any atom is 0.260 e. The van der Waals surface area contributed by atoms with Crippen LogP contribution in [-0.2, 0) is 10.0 Å². The molecule has 0 aromatic carbocycles. The van der Waals surface area contributed by atoms with Crippen LogP contribution in [0.1, 0.15) is 13.8 Å². The minimum Gasteiger partial charge on any atom is -0.387 e. The molecule has 6 nitrogen and oxygen atoms in total. The molecule has 0 unspecified atom stereocenters. The van der Waals surface area contributed by atoms with Crippen LogP contribution in [0.4, 0.5) is 0 Å². The number of H-pyrrole nitrogens is 1. The first-order chi connectivity index (χ1) is 7.36. The zero-order valence-corrected chi connectivity index (χ0v) is 10.0. The van der Waals surface area contributed by atoms with Gasteiger partial charge in [-0.1, -0.05) is 13.8 Å². The van der Waals surface area contributed by atoms with Crippen molar-refractivity contribution in [1.82, 2.24) is 14.5 Å². The van der Waals surface area contributed by atoms with E-state index in [1.807, 2.05) is 13.8 Å². The summed E-state index contributed by atoms with van der Waals surface area (Å²) in [6.07, 6.45) is 1.39. The summed E-state index contributed by atoms with van der Waals surface area (Å²) in [5.41, 5.74) is -0.896. The van der Waals surface area contributed by atoms with Crippen molar-refractivity contribution in [2.75, 3.05) is 13.1 Å². The molecule has 0 atom stereocenters. The summed E-state index contributed by atoms with van der Waals surface area (Å²) in [6.45, 7) is 4.04. The molecule has 2 N–H and O–H groups in total. The second-order valence-electron chi connectivity index (χ2n) is 4.45. The lowest BCUT2D eigenvalue weighted by atomic mass is 9.85. The van der Waals surface area contributed by atoms with Gasteiger partial charge in [0.15, 0.2) is 5.03 Å². The molecule has 0 saturated carbocycles. The molecule has 1 saturated heterocycles. The van der Waals surface area contributed by atoms with Crippen LogP contribution in [-0.4, -0.2) is 46.7 Å². The standard InChI is InChI=1S/C9H15N3O3S/c1-7(2)9(13)5-12(6-9)16(14,15)8-3-4-10-11-8/h3-4,7,13H,5-6H2,1-2H3,(H,10,11). The lowest BCUT2D eigenvalue weighted by molar-refractivity contribution is -0.0933. The highest BCUT2D eigenvalue weighted by Crippen LogP contribution is 2.32. The fraction of sp³-hybridized carbons (Fsp3) is 0.667. The normalized spacial score (nSPS) is 21.0. The van der Waals surface area contributed by atoms with E-state index < -0.39 is 15.6 Å². The van der Waals surface area contributed by atoms with Gasteiger partial charge in [-0.15, -0.1) is 0 Å². The molecule has 1 fully saturated rings. The second-order valence-corrected chi connectivity index (χ2v) is 6.36. The highest BCUT2D eigenvalue weighted by Gasteiger charge is 2.49. The molecule has 16 heavy (non-hydrogen) atoms. The summed E-state index contributed by atoms with van der Waals surface area (Å²) in [5, 5.41) is 16.1. The van der Waals surface area contributed by atoms with Crippen LogP contribution in [0.15, 0.2) is 17.3 Å². The Morgan fingerprint density at radius 2 is 2.19 bits per heavy atom. The molecule has 2 heterocycles. The summed E-state index contributed by atoms with van der Waals surface area (Å²) >= 11 is 0. The predicted octanol–water partition coefficient (Wildman–Crippen LogP) is -0.199. The van der Waals surface area contributed by atoms with Crippen molar-refractivity contribution in [1.29, 1.82) is 0 Å². The third kappa shape index (κ3) is 1.64. The zero-order chi connectivity index (χ0) is 12.0. The van der Waals surface area contributed by atoms with Gasteiger partial charge in [0.25, 0.3) is 10.0 Å². The average molecular weight is 245 g/mol. The van der Waals surface area contributed by atoms with Crippen molar-refractivity contribution in [2.24, 2.45) is 5.92 Å². The van der Waals surface area contributed by atoms with Crippen LogP contribution < -0.4 is 0 Å². The number of aromatic nitrogens is 2. The van der Waals surface area contributed by atoms with E-state index >= 15 is 0 Å². The molecule has 1 aliphatic heterocycles. The summed E-state index contributed by atoms with van der Waals surface area (Å²) in [5.74, 6) is 0.0423.